The molecule has 0 fully saturated rings. The zero-order chi connectivity index (χ0) is 17.5. The van der Waals surface area contributed by atoms with Crippen molar-refractivity contribution >= 4 is 11.9 Å². The molecule has 0 aliphatic carbocycles. The summed E-state index contributed by atoms with van der Waals surface area (Å²) >= 11 is 0. The second-order valence-corrected chi connectivity index (χ2v) is 5.95. The van der Waals surface area contributed by atoms with E-state index in [0.717, 1.165) is 11.3 Å². The summed E-state index contributed by atoms with van der Waals surface area (Å²) in [4.78, 5) is 24.5. The molecule has 1 rings (SSSR count). The van der Waals surface area contributed by atoms with Crippen LogP contribution in [0.3, 0.4) is 0 Å². The van der Waals surface area contributed by atoms with Crippen LogP contribution in [0.25, 0.3) is 0 Å². The van der Waals surface area contributed by atoms with E-state index >= 15 is 0 Å². The predicted octanol–water partition coefficient (Wildman–Crippen LogP) is 3.01. The normalized spacial score (nSPS) is 11.2. The van der Waals surface area contributed by atoms with Crippen molar-refractivity contribution in [1.82, 2.24) is 0 Å². The van der Waals surface area contributed by atoms with E-state index in [0.29, 0.717) is 6.42 Å². The summed E-state index contributed by atoms with van der Waals surface area (Å²) in [6.07, 6.45) is 0.520. The summed E-state index contributed by atoms with van der Waals surface area (Å²) < 4.78 is 15.4. The first kappa shape index (κ1) is 19.0. The van der Waals surface area contributed by atoms with Gasteiger partial charge in [0.05, 0.1) is 20.3 Å². The fraction of sp³-hybridized carbons (Fsp3) is 0.556. The molecule has 1 aromatic carbocycles. The molecule has 0 saturated heterocycles. The summed E-state index contributed by atoms with van der Waals surface area (Å²) in [7, 11) is 1.60. The van der Waals surface area contributed by atoms with E-state index in [9.17, 15) is 9.59 Å². The van der Waals surface area contributed by atoms with Gasteiger partial charge in [0.25, 0.3) is 0 Å². The van der Waals surface area contributed by atoms with Crippen molar-refractivity contribution in [2.24, 2.45) is 11.3 Å². The Hall–Kier alpha value is -2.04. The molecule has 0 spiro atoms. The van der Waals surface area contributed by atoms with Gasteiger partial charge in [-0.3, -0.25) is 9.59 Å². The van der Waals surface area contributed by atoms with Crippen molar-refractivity contribution in [2.45, 2.75) is 34.1 Å². The average molecular weight is 322 g/mol. The van der Waals surface area contributed by atoms with E-state index in [1.807, 2.05) is 38.1 Å². The van der Waals surface area contributed by atoms with Gasteiger partial charge in [0, 0.05) is 0 Å². The lowest BCUT2D eigenvalue weighted by molar-refractivity contribution is -0.167. The first-order valence-corrected chi connectivity index (χ1v) is 7.81. The van der Waals surface area contributed by atoms with Crippen molar-refractivity contribution in [3.8, 4) is 5.75 Å². The van der Waals surface area contributed by atoms with Gasteiger partial charge in [0.2, 0.25) is 0 Å². The zero-order valence-electron chi connectivity index (χ0n) is 14.5. The lowest BCUT2D eigenvalue weighted by atomic mass is 9.74. The highest BCUT2D eigenvalue weighted by molar-refractivity contribution is 5.95. The van der Waals surface area contributed by atoms with Crippen molar-refractivity contribution in [3.05, 3.63) is 29.8 Å². The van der Waals surface area contributed by atoms with Crippen LogP contribution in [-0.2, 0) is 25.5 Å². The molecule has 0 aliphatic rings. The molecule has 5 nitrogen and oxygen atoms in total. The van der Waals surface area contributed by atoms with Gasteiger partial charge in [-0.05, 0) is 43.4 Å². The molecule has 0 atom stereocenters. The lowest BCUT2D eigenvalue weighted by Gasteiger charge is -2.31. The number of hydrogen-bond donors (Lipinski definition) is 0. The summed E-state index contributed by atoms with van der Waals surface area (Å²) in [6.45, 7) is 7.62. The molecule has 0 amide bonds. The van der Waals surface area contributed by atoms with Gasteiger partial charge < -0.3 is 14.2 Å². The number of benzene rings is 1. The van der Waals surface area contributed by atoms with Crippen molar-refractivity contribution in [2.75, 3.05) is 20.3 Å². The third kappa shape index (κ3) is 5.27. The third-order valence-electron chi connectivity index (χ3n) is 3.62. The Morgan fingerprint density at radius 2 is 1.65 bits per heavy atom. The topological polar surface area (TPSA) is 61.8 Å². The van der Waals surface area contributed by atoms with Gasteiger partial charge in [-0.1, -0.05) is 26.0 Å². The maximum absolute atomic E-state index is 12.3. The van der Waals surface area contributed by atoms with Crippen LogP contribution in [0, 0.1) is 11.3 Å². The Labute approximate surface area is 137 Å². The van der Waals surface area contributed by atoms with Gasteiger partial charge in [0.15, 0.2) is 5.92 Å². The fourth-order valence-corrected chi connectivity index (χ4v) is 2.60. The minimum atomic E-state index is -0.964. The van der Waals surface area contributed by atoms with E-state index in [-0.39, 0.29) is 13.2 Å². The first-order valence-electron chi connectivity index (χ1n) is 7.81. The second-order valence-electron chi connectivity index (χ2n) is 5.95. The van der Waals surface area contributed by atoms with Gasteiger partial charge in [-0.15, -0.1) is 0 Å². The number of esters is 2. The average Bonchev–Trinajstić information content (AvgIpc) is 2.47. The number of ether oxygens (including phenoxy) is 3. The maximum atomic E-state index is 12.3. The SMILES string of the molecule is CCOC(=O)C(C(=O)OCC)C(C)(C)Cc1cccc(OC)c1. The number of rotatable bonds is 8. The highest BCUT2D eigenvalue weighted by Crippen LogP contribution is 2.34. The number of methoxy groups -OCH3 is 1. The van der Waals surface area contributed by atoms with E-state index in [2.05, 4.69) is 0 Å². The standard InChI is InChI=1S/C18H26O5/c1-6-22-16(19)15(17(20)23-7-2)18(3,4)12-13-9-8-10-14(11-13)21-5/h8-11,15H,6-7,12H2,1-5H3. The monoisotopic (exact) mass is 322 g/mol. The smallest absolute Gasteiger partial charge is 0.320 e. The van der Waals surface area contributed by atoms with E-state index < -0.39 is 23.3 Å². The Morgan fingerprint density at radius 1 is 1.09 bits per heavy atom. The molecule has 0 aliphatic heterocycles. The second kappa shape index (κ2) is 8.56. The molecule has 23 heavy (non-hydrogen) atoms. The van der Waals surface area contributed by atoms with Crippen LogP contribution in [0.5, 0.6) is 5.75 Å². The number of hydrogen-bond acceptors (Lipinski definition) is 5. The minimum absolute atomic E-state index is 0.226. The van der Waals surface area contributed by atoms with Crippen LogP contribution in [-0.4, -0.2) is 32.3 Å². The number of carbonyl (C=O) groups excluding carboxylic acids is 2. The molecular formula is C18H26O5. The van der Waals surface area contributed by atoms with E-state index in [1.54, 1.807) is 21.0 Å². The third-order valence-corrected chi connectivity index (χ3v) is 3.62. The molecule has 0 unspecified atom stereocenters. The summed E-state index contributed by atoms with van der Waals surface area (Å²) in [5.41, 5.74) is 0.332. The Bertz CT molecular complexity index is 518. The summed E-state index contributed by atoms with van der Waals surface area (Å²) in [6, 6.07) is 7.57. The van der Waals surface area contributed by atoms with E-state index in [4.69, 9.17) is 14.2 Å². The van der Waals surface area contributed by atoms with Crippen LogP contribution in [0.2, 0.25) is 0 Å². The summed E-state index contributed by atoms with van der Waals surface area (Å²) in [5.74, 6) is -1.31. The van der Waals surface area contributed by atoms with E-state index in [1.165, 1.54) is 0 Å². The quantitative estimate of drug-likeness (QED) is 0.544. The van der Waals surface area contributed by atoms with Crippen LogP contribution in [0.15, 0.2) is 24.3 Å². The van der Waals surface area contributed by atoms with Gasteiger partial charge in [-0.25, -0.2) is 0 Å². The van der Waals surface area contributed by atoms with Crippen molar-refractivity contribution in [1.29, 1.82) is 0 Å². The lowest BCUT2D eigenvalue weighted by Crippen LogP contribution is -2.41. The highest BCUT2D eigenvalue weighted by atomic mass is 16.6. The van der Waals surface area contributed by atoms with Crippen molar-refractivity contribution in [3.63, 3.8) is 0 Å². The summed E-state index contributed by atoms with van der Waals surface area (Å²) in [5, 5.41) is 0. The molecule has 0 bridgehead atoms. The van der Waals surface area contributed by atoms with Crippen LogP contribution in [0.4, 0.5) is 0 Å². The molecular weight excluding hydrogens is 296 g/mol. The fourth-order valence-electron chi connectivity index (χ4n) is 2.60. The zero-order valence-corrected chi connectivity index (χ0v) is 14.5. The molecule has 0 radical (unpaired) electrons. The Kier molecular flexibility index (Phi) is 7.07. The Balaban J connectivity index is 3.05. The van der Waals surface area contributed by atoms with Gasteiger partial charge in [0.1, 0.15) is 5.75 Å². The van der Waals surface area contributed by atoms with Gasteiger partial charge >= 0.3 is 11.9 Å². The van der Waals surface area contributed by atoms with Crippen LogP contribution in [0.1, 0.15) is 33.3 Å². The molecule has 0 heterocycles. The number of carbonyl (C=O) groups is 2. The van der Waals surface area contributed by atoms with Crippen LogP contribution < -0.4 is 4.74 Å². The maximum Gasteiger partial charge on any atom is 0.320 e. The largest absolute Gasteiger partial charge is 0.497 e. The molecule has 5 heteroatoms. The van der Waals surface area contributed by atoms with Crippen LogP contribution >= 0.6 is 0 Å². The van der Waals surface area contributed by atoms with Crippen molar-refractivity contribution < 1.29 is 23.8 Å². The molecule has 0 aromatic heterocycles. The highest BCUT2D eigenvalue weighted by Gasteiger charge is 2.43. The molecule has 128 valence electrons. The van der Waals surface area contributed by atoms with Gasteiger partial charge in [-0.2, -0.15) is 0 Å². The predicted molar refractivity (Wildman–Crippen MR) is 87.2 cm³/mol. The molecule has 0 saturated carbocycles. The minimum Gasteiger partial charge on any atom is -0.497 e. The Morgan fingerprint density at radius 3 is 2.13 bits per heavy atom. The molecule has 1 aromatic rings. The molecule has 0 N–H and O–H groups in total. The first-order chi connectivity index (χ1) is 10.9.